The van der Waals surface area contributed by atoms with E-state index in [1.165, 1.54) is 24.3 Å². The number of fused-ring (bicyclic) bond motifs is 7. The van der Waals surface area contributed by atoms with E-state index in [-0.39, 0.29) is 44.7 Å². The molecule has 0 saturated heterocycles. The van der Waals surface area contributed by atoms with Gasteiger partial charge in [0.25, 0.3) is 0 Å². The van der Waals surface area contributed by atoms with E-state index in [1.807, 2.05) is 26.0 Å². The van der Waals surface area contributed by atoms with Gasteiger partial charge in [0.2, 0.25) is 5.43 Å². The van der Waals surface area contributed by atoms with Crippen LogP contribution < -0.4 is 25.3 Å². The van der Waals surface area contributed by atoms with Crippen LogP contribution in [0.3, 0.4) is 0 Å². The molecule has 2 atom stereocenters. The van der Waals surface area contributed by atoms with E-state index >= 15 is 0 Å². The number of aromatic nitrogens is 1. The molecule has 0 amide bonds. The van der Waals surface area contributed by atoms with Crippen LogP contribution in [0.25, 0.3) is 38.9 Å². The fourth-order valence-electron chi connectivity index (χ4n) is 6.12. The minimum absolute atomic E-state index is 0.0832. The molecule has 0 radical (unpaired) electrons. The molecule has 2 aliphatic heterocycles. The molecule has 220 valence electrons. The Kier molecular flexibility index (Phi) is 5.49. The van der Waals surface area contributed by atoms with Crippen molar-refractivity contribution in [3.63, 3.8) is 0 Å². The van der Waals surface area contributed by atoms with E-state index in [4.69, 9.17) is 18.6 Å². The number of rotatable bonds is 2. The SMILES string of the molecule is Cn1c2c(O[C@@H]3c4c(ccc5ccc(=O)oc45)OC(C)(C)[C@H]3O)c(O)ccc2c(=O)c2c(O)cc3c(c21)C=CC(C)(C)O3. The predicted octanol–water partition coefficient (Wildman–Crippen LogP) is 5.05. The zero-order valence-electron chi connectivity index (χ0n) is 24.1. The van der Waals surface area contributed by atoms with Crippen LogP contribution in [0.1, 0.15) is 44.9 Å². The van der Waals surface area contributed by atoms with Gasteiger partial charge in [-0.3, -0.25) is 4.79 Å². The summed E-state index contributed by atoms with van der Waals surface area (Å²) in [6.07, 6.45) is 1.22. The van der Waals surface area contributed by atoms with Gasteiger partial charge in [0.15, 0.2) is 17.6 Å². The van der Waals surface area contributed by atoms with Crippen molar-refractivity contribution in [1.29, 1.82) is 0 Å². The first-order chi connectivity index (χ1) is 20.3. The van der Waals surface area contributed by atoms with Crippen LogP contribution in [0.4, 0.5) is 0 Å². The largest absolute Gasteiger partial charge is 0.507 e. The summed E-state index contributed by atoms with van der Waals surface area (Å²) < 4.78 is 25.9. The second-order valence-corrected chi connectivity index (χ2v) is 12.1. The lowest BCUT2D eigenvalue weighted by Gasteiger charge is -2.42. The highest BCUT2D eigenvalue weighted by atomic mass is 16.5. The van der Waals surface area contributed by atoms with Crippen molar-refractivity contribution in [2.45, 2.75) is 51.1 Å². The molecular formula is C33H29NO9. The fraction of sp³-hybridized carbons (Fsp3) is 0.273. The molecule has 3 N–H and O–H groups in total. The zero-order chi connectivity index (χ0) is 30.6. The zero-order valence-corrected chi connectivity index (χ0v) is 24.1. The van der Waals surface area contributed by atoms with Crippen LogP contribution in [0.15, 0.2) is 62.5 Å². The molecule has 0 spiro atoms. The van der Waals surface area contributed by atoms with Gasteiger partial charge in [0.05, 0.1) is 27.4 Å². The molecule has 0 fully saturated rings. The number of aryl methyl sites for hydroxylation is 1. The van der Waals surface area contributed by atoms with Crippen molar-refractivity contribution in [3.8, 4) is 28.7 Å². The Bertz CT molecular complexity index is 2170. The Labute approximate surface area is 244 Å². The van der Waals surface area contributed by atoms with Gasteiger partial charge < -0.3 is 38.5 Å². The van der Waals surface area contributed by atoms with E-state index in [9.17, 15) is 24.9 Å². The van der Waals surface area contributed by atoms with E-state index in [2.05, 4.69) is 0 Å². The first-order valence-corrected chi connectivity index (χ1v) is 13.8. The molecule has 5 aromatic rings. The smallest absolute Gasteiger partial charge is 0.336 e. The molecule has 0 bridgehead atoms. The molecule has 10 nitrogen and oxygen atoms in total. The Morgan fingerprint density at radius 1 is 0.907 bits per heavy atom. The molecule has 0 unspecified atom stereocenters. The second-order valence-electron chi connectivity index (χ2n) is 12.1. The van der Waals surface area contributed by atoms with Crippen LogP contribution in [0.5, 0.6) is 28.7 Å². The van der Waals surface area contributed by atoms with Gasteiger partial charge in [-0.1, -0.05) is 0 Å². The highest BCUT2D eigenvalue weighted by Gasteiger charge is 2.46. The normalized spacial score (nSPS) is 20.0. The Balaban J connectivity index is 1.53. The molecule has 10 heteroatoms. The van der Waals surface area contributed by atoms with Crippen molar-refractivity contribution in [3.05, 3.63) is 80.3 Å². The molecule has 0 saturated carbocycles. The predicted molar refractivity (Wildman–Crippen MR) is 160 cm³/mol. The standard InChI is InChI=1S/C33H29NO9/c1-32(2)13-12-16-21(42-32)14-19(36)23-25(16)34(5)26-17(27(23)38)8-9-18(35)29(26)41-30-24-20(43-33(3,4)31(30)39)10-6-15-7-11-22(37)40-28(15)24/h6-14,30-31,35-36,39H,1-5H3/t30-,31+/m1/s1. The summed E-state index contributed by atoms with van der Waals surface area (Å²) in [7, 11) is 1.69. The van der Waals surface area contributed by atoms with Crippen LogP contribution in [-0.4, -0.2) is 37.2 Å². The average Bonchev–Trinajstić information content (AvgIpc) is 2.93. The van der Waals surface area contributed by atoms with Crippen molar-refractivity contribution in [2.24, 2.45) is 7.05 Å². The number of benzene rings is 3. The molecule has 4 heterocycles. The first-order valence-electron chi connectivity index (χ1n) is 13.8. The number of aliphatic hydroxyl groups is 1. The molecule has 2 aromatic heterocycles. The number of phenolic OH excluding ortho intramolecular Hbond substituents is 2. The topological polar surface area (TPSA) is 141 Å². The van der Waals surface area contributed by atoms with Crippen LogP contribution in [0, 0.1) is 0 Å². The van der Waals surface area contributed by atoms with E-state index in [0.29, 0.717) is 28.0 Å². The third-order valence-electron chi connectivity index (χ3n) is 8.25. The molecule has 0 aliphatic carbocycles. The first kappa shape index (κ1) is 26.9. The minimum Gasteiger partial charge on any atom is -0.507 e. The van der Waals surface area contributed by atoms with Crippen LogP contribution >= 0.6 is 0 Å². The number of pyridine rings is 1. The fourth-order valence-corrected chi connectivity index (χ4v) is 6.12. The summed E-state index contributed by atoms with van der Waals surface area (Å²) in [6.45, 7) is 7.14. The van der Waals surface area contributed by atoms with Gasteiger partial charge in [-0.25, -0.2) is 4.79 Å². The van der Waals surface area contributed by atoms with Gasteiger partial charge in [-0.15, -0.1) is 0 Å². The van der Waals surface area contributed by atoms with Gasteiger partial charge >= 0.3 is 5.63 Å². The number of hydrogen-bond acceptors (Lipinski definition) is 9. The van der Waals surface area contributed by atoms with Gasteiger partial charge in [-0.2, -0.15) is 0 Å². The summed E-state index contributed by atoms with van der Waals surface area (Å²) in [5.74, 6) is 0.121. The molecule has 43 heavy (non-hydrogen) atoms. The van der Waals surface area contributed by atoms with Gasteiger partial charge in [0.1, 0.15) is 40.1 Å². The highest BCUT2D eigenvalue weighted by molar-refractivity contribution is 6.04. The quantitative estimate of drug-likeness (QED) is 0.192. The number of hydrogen-bond donors (Lipinski definition) is 3. The van der Waals surface area contributed by atoms with E-state index < -0.39 is 34.5 Å². The summed E-state index contributed by atoms with van der Waals surface area (Å²) in [4.78, 5) is 26.2. The van der Waals surface area contributed by atoms with Crippen molar-refractivity contribution in [2.75, 3.05) is 0 Å². The maximum absolute atomic E-state index is 13.9. The molecular weight excluding hydrogens is 554 g/mol. The number of aliphatic hydroxyl groups excluding tert-OH is 1. The van der Waals surface area contributed by atoms with Crippen LogP contribution in [-0.2, 0) is 7.05 Å². The summed E-state index contributed by atoms with van der Waals surface area (Å²) >= 11 is 0. The lowest BCUT2D eigenvalue weighted by Crippen LogP contribution is -2.50. The lowest BCUT2D eigenvalue weighted by atomic mass is 9.87. The van der Waals surface area contributed by atoms with Gasteiger partial charge in [-0.05, 0) is 70.2 Å². The second kappa shape index (κ2) is 8.78. The van der Waals surface area contributed by atoms with E-state index in [1.54, 1.807) is 43.7 Å². The van der Waals surface area contributed by atoms with E-state index in [0.717, 1.165) is 0 Å². The monoisotopic (exact) mass is 583 g/mol. The number of aromatic hydroxyl groups is 2. The third kappa shape index (κ3) is 3.90. The molecule has 3 aromatic carbocycles. The highest BCUT2D eigenvalue weighted by Crippen LogP contribution is 2.48. The van der Waals surface area contributed by atoms with Crippen molar-refractivity contribution in [1.82, 2.24) is 4.57 Å². The maximum Gasteiger partial charge on any atom is 0.336 e. The minimum atomic E-state index is -1.29. The Morgan fingerprint density at radius 3 is 2.42 bits per heavy atom. The van der Waals surface area contributed by atoms with Crippen molar-refractivity contribution >= 4 is 38.9 Å². The summed E-state index contributed by atoms with van der Waals surface area (Å²) in [5.41, 5.74) is -1.20. The average molecular weight is 584 g/mol. The molecule has 2 aliphatic rings. The Hall–Kier alpha value is -4.96. The lowest BCUT2D eigenvalue weighted by molar-refractivity contribution is -0.102. The van der Waals surface area contributed by atoms with Crippen LogP contribution in [0.2, 0.25) is 0 Å². The van der Waals surface area contributed by atoms with Crippen molar-refractivity contribution < 1.29 is 33.9 Å². The number of ether oxygens (including phenoxy) is 3. The summed E-state index contributed by atoms with van der Waals surface area (Å²) in [5, 5.41) is 34.6. The Morgan fingerprint density at radius 2 is 1.65 bits per heavy atom. The summed E-state index contributed by atoms with van der Waals surface area (Å²) in [6, 6.07) is 10.6. The maximum atomic E-state index is 13.9. The third-order valence-corrected chi connectivity index (χ3v) is 8.25. The number of nitrogens with zero attached hydrogens (tertiary/aromatic N) is 1. The number of phenols is 2. The molecule has 7 rings (SSSR count). The van der Waals surface area contributed by atoms with Gasteiger partial charge in [0, 0.05) is 30.1 Å².